The molecule has 19 heavy (non-hydrogen) atoms. The maximum atomic E-state index is 11.9. The van der Waals surface area contributed by atoms with Gasteiger partial charge in [-0.05, 0) is 24.6 Å². The summed E-state index contributed by atoms with van der Waals surface area (Å²) in [5.41, 5.74) is 4.77. The summed E-state index contributed by atoms with van der Waals surface area (Å²) in [5, 5.41) is 4.50. The number of amides is 1. The number of hydrogen-bond donors (Lipinski definition) is 1. The fourth-order valence-corrected chi connectivity index (χ4v) is 1.81. The Kier molecular flexibility index (Phi) is 4.31. The zero-order chi connectivity index (χ0) is 13.7. The normalized spacial score (nSPS) is 10.6. The molecule has 0 saturated carbocycles. The number of benzene rings is 2. The fourth-order valence-electron chi connectivity index (χ4n) is 1.63. The van der Waals surface area contributed by atoms with E-state index in [9.17, 15) is 4.79 Å². The Morgan fingerprint density at radius 3 is 2.58 bits per heavy atom. The van der Waals surface area contributed by atoms with Crippen LogP contribution in [0.4, 0.5) is 0 Å². The first-order chi connectivity index (χ1) is 9.18. The smallest absolute Gasteiger partial charge is 0.267 e. The zero-order valence-electron chi connectivity index (χ0n) is 10.4. The molecule has 0 atom stereocenters. The molecule has 0 radical (unpaired) electrons. The molecule has 0 unspecified atom stereocenters. The zero-order valence-corrected chi connectivity index (χ0v) is 11.2. The third kappa shape index (κ3) is 3.42. The van der Waals surface area contributed by atoms with E-state index in [0.29, 0.717) is 10.6 Å². The van der Waals surface area contributed by atoms with Gasteiger partial charge in [-0.25, -0.2) is 5.43 Å². The third-order valence-corrected chi connectivity index (χ3v) is 3.01. The van der Waals surface area contributed by atoms with E-state index in [-0.39, 0.29) is 5.91 Å². The van der Waals surface area contributed by atoms with Crippen LogP contribution >= 0.6 is 11.6 Å². The second-order valence-electron chi connectivity index (χ2n) is 4.04. The van der Waals surface area contributed by atoms with Gasteiger partial charge in [0.25, 0.3) is 5.91 Å². The van der Waals surface area contributed by atoms with Crippen molar-refractivity contribution in [2.75, 3.05) is 0 Å². The molecule has 1 N–H and O–H groups in total. The van der Waals surface area contributed by atoms with Crippen LogP contribution in [0.5, 0.6) is 0 Å². The van der Waals surface area contributed by atoms with Crippen molar-refractivity contribution < 1.29 is 4.79 Å². The van der Waals surface area contributed by atoms with Gasteiger partial charge in [-0.1, -0.05) is 48.0 Å². The molecule has 0 aliphatic rings. The van der Waals surface area contributed by atoms with Crippen LogP contribution in [-0.4, -0.2) is 12.1 Å². The molecule has 0 aliphatic carbocycles. The van der Waals surface area contributed by atoms with Gasteiger partial charge in [0, 0.05) is 16.1 Å². The van der Waals surface area contributed by atoms with E-state index in [4.69, 9.17) is 11.6 Å². The molecule has 2 aromatic rings. The van der Waals surface area contributed by atoms with Gasteiger partial charge >= 0.3 is 0 Å². The van der Waals surface area contributed by atoms with E-state index in [0.717, 1.165) is 11.1 Å². The van der Waals surface area contributed by atoms with E-state index < -0.39 is 0 Å². The summed E-state index contributed by atoms with van der Waals surface area (Å²) in [4.78, 5) is 11.9. The van der Waals surface area contributed by atoms with Gasteiger partial charge in [-0.3, -0.25) is 4.79 Å². The molecular formula is C15H13ClN2O. The quantitative estimate of drug-likeness (QED) is 0.675. The van der Waals surface area contributed by atoms with Crippen LogP contribution in [0, 0.1) is 6.92 Å². The number of hydrazone groups is 1. The number of nitrogens with one attached hydrogen (secondary N) is 1. The lowest BCUT2D eigenvalue weighted by Gasteiger charge is -2.03. The highest BCUT2D eigenvalue weighted by molar-refractivity contribution is 6.33. The van der Waals surface area contributed by atoms with E-state index in [1.807, 2.05) is 43.3 Å². The largest absolute Gasteiger partial charge is 0.271 e. The van der Waals surface area contributed by atoms with Crippen molar-refractivity contribution >= 4 is 23.7 Å². The summed E-state index contributed by atoms with van der Waals surface area (Å²) < 4.78 is 0. The summed E-state index contributed by atoms with van der Waals surface area (Å²) in [6.07, 6.45) is 1.53. The summed E-state index contributed by atoms with van der Waals surface area (Å²) >= 11 is 5.98. The highest BCUT2D eigenvalue weighted by Gasteiger charge is 2.06. The highest BCUT2D eigenvalue weighted by atomic mass is 35.5. The number of carbonyl (C=O) groups excluding carboxylic acids is 1. The lowest BCUT2D eigenvalue weighted by atomic mass is 10.1. The predicted molar refractivity (Wildman–Crippen MR) is 77.7 cm³/mol. The monoisotopic (exact) mass is 272 g/mol. The average Bonchev–Trinajstić information content (AvgIpc) is 2.41. The summed E-state index contributed by atoms with van der Waals surface area (Å²) in [6, 6.07) is 14.6. The number of hydrogen-bond acceptors (Lipinski definition) is 2. The number of aryl methyl sites for hydroxylation is 1. The minimum Gasteiger partial charge on any atom is -0.267 e. The van der Waals surface area contributed by atoms with Gasteiger partial charge in [-0.2, -0.15) is 5.10 Å². The van der Waals surface area contributed by atoms with Crippen LogP contribution in [0.1, 0.15) is 21.5 Å². The Hall–Kier alpha value is -2.13. The number of carbonyl (C=O) groups is 1. The molecule has 0 aliphatic heterocycles. The van der Waals surface area contributed by atoms with Crippen molar-refractivity contribution in [1.82, 2.24) is 5.43 Å². The maximum absolute atomic E-state index is 11.9. The minimum atomic E-state index is -0.235. The molecule has 2 aromatic carbocycles. The number of rotatable bonds is 3. The molecule has 0 saturated heterocycles. The van der Waals surface area contributed by atoms with Gasteiger partial charge in [-0.15, -0.1) is 0 Å². The average molecular weight is 273 g/mol. The topological polar surface area (TPSA) is 41.5 Å². The van der Waals surface area contributed by atoms with Crippen LogP contribution in [0.2, 0.25) is 5.02 Å². The molecule has 3 nitrogen and oxygen atoms in total. The highest BCUT2D eigenvalue weighted by Crippen LogP contribution is 2.12. The Bertz CT molecular complexity index is 623. The molecule has 0 bridgehead atoms. The number of nitrogens with zero attached hydrogens (tertiary/aromatic N) is 1. The Labute approximate surface area is 116 Å². The lowest BCUT2D eigenvalue weighted by molar-refractivity contribution is 0.0954. The first kappa shape index (κ1) is 13.3. The second kappa shape index (κ2) is 6.16. The van der Waals surface area contributed by atoms with E-state index >= 15 is 0 Å². The van der Waals surface area contributed by atoms with Crippen LogP contribution in [0.15, 0.2) is 53.6 Å². The van der Waals surface area contributed by atoms with Crippen molar-refractivity contribution in [3.63, 3.8) is 0 Å². The summed E-state index contributed by atoms with van der Waals surface area (Å²) in [5.74, 6) is -0.235. The predicted octanol–water partition coefficient (Wildman–Crippen LogP) is 3.41. The van der Waals surface area contributed by atoms with Gasteiger partial charge in [0.2, 0.25) is 0 Å². The molecule has 0 spiro atoms. The summed E-state index contributed by atoms with van der Waals surface area (Å²) in [6.45, 7) is 1.88. The van der Waals surface area contributed by atoms with Crippen LogP contribution < -0.4 is 5.43 Å². The molecule has 0 aromatic heterocycles. The van der Waals surface area contributed by atoms with Crippen molar-refractivity contribution in [2.45, 2.75) is 6.92 Å². The molecule has 0 heterocycles. The van der Waals surface area contributed by atoms with E-state index in [1.54, 1.807) is 12.1 Å². The summed E-state index contributed by atoms with van der Waals surface area (Å²) in [7, 11) is 0. The maximum Gasteiger partial charge on any atom is 0.271 e. The van der Waals surface area contributed by atoms with E-state index in [2.05, 4.69) is 10.5 Å². The lowest BCUT2D eigenvalue weighted by Crippen LogP contribution is -2.18. The Morgan fingerprint density at radius 1 is 1.16 bits per heavy atom. The van der Waals surface area contributed by atoms with Gasteiger partial charge in [0.1, 0.15) is 0 Å². The van der Waals surface area contributed by atoms with Gasteiger partial charge in [0.15, 0.2) is 0 Å². The first-order valence-electron chi connectivity index (χ1n) is 5.82. The van der Waals surface area contributed by atoms with Gasteiger partial charge < -0.3 is 0 Å². The first-order valence-corrected chi connectivity index (χ1v) is 6.20. The number of halogens is 1. The molecule has 4 heteroatoms. The van der Waals surface area contributed by atoms with Crippen molar-refractivity contribution in [1.29, 1.82) is 0 Å². The molecular weight excluding hydrogens is 260 g/mol. The van der Waals surface area contributed by atoms with Crippen molar-refractivity contribution in [3.8, 4) is 0 Å². The minimum absolute atomic E-state index is 0.235. The molecule has 1 amide bonds. The van der Waals surface area contributed by atoms with E-state index in [1.165, 1.54) is 6.21 Å². The fraction of sp³-hybridized carbons (Fsp3) is 0.0667. The van der Waals surface area contributed by atoms with Gasteiger partial charge in [0.05, 0.1) is 6.21 Å². The SMILES string of the molecule is Cc1ccccc1C(=O)N/N=C\c1ccccc1Cl. The molecule has 0 fully saturated rings. The van der Waals surface area contributed by atoms with Crippen LogP contribution in [0.3, 0.4) is 0 Å². The molecule has 2 rings (SSSR count). The van der Waals surface area contributed by atoms with Crippen LogP contribution in [0.25, 0.3) is 0 Å². The standard InChI is InChI=1S/C15H13ClN2O/c1-11-6-2-4-8-13(11)15(19)18-17-10-12-7-3-5-9-14(12)16/h2-10H,1H3,(H,18,19)/b17-10-. The second-order valence-corrected chi connectivity index (χ2v) is 4.44. The molecule has 96 valence electrons. The van der Waals surface area contributed by atoms with Crippen LogP contribution in [-0.2, 0) is 0 Å². The third-order valence-electron chi connectivity index (χ3n) is 2.66. The van der Waals surface area contributed by atoms with Crippen molar-refractivity contribution in [2.24, 2.45) is 5.10 Å². The van der Waals surface area contributed by atoms with Crippen molar-refractivity contribution in [3.05, 3.63) is 70.2 Å². The Morgan fingerprint density at radius 2 is 1.84 bits per heavy atom. The Balaban J connectivity index is 2.06.